The number of primary amides is 1. The number of thiophene rings is 1. The number of hydrogen-bond donors (Lipinski definition) is 2. The first-order valence-electron chi connectivity index (χ1n) is 8.26. The lowest BCUT2D eigenvalue weighted by Gasteiger charge is -2.13. The summed E-state index contributed by atoms with van der Waals surface area (Å²) in [5.41, 5.74) is 6.84. The molecule has 0 aliphatic carbocycles. The predicted octanol–water partition coefficient (Wildman–Crippen LogP) is 3.49. The van der Waals surface area contributed by atoms with Gasteiger partial charge in [0.2, 0.25) is 5.91 Å². The molecule has 2 amide bonds. The van der Waals surface area contributed by atoms with Gasteiger partial charge in [0.15, 0.2) is 6.10 Å². The maximum atomic E-state index is 12.5. The van der Waals surface area contributed by atoms with Crippen LogP contribution in [0.1, 0.15) is 32.5 Å². The maximum Gasteiger partial charge on any atom is 0.349 e. The number of aryl methyl sites for hydroxylation is 1. The van der Waals surface area contributed by atoms with Crippen LogP contribution in [-0.4, -0.2) is 23.9 Å². The van der Waals surface area contributed by atoms with Crippen LogP contribution in [0.2, 0.25) is 0 Å². The van der Waals surface area contributed by atoms with Crippen LogP contribution < -0.4 is 11.1 Å². The zero-order valence-corrected chi connectivity index (χ0v) is 15.6. The summed E-state index contributed by atoms with van der Waals surface area (Å²) >= 11 is 1.34. The second-order valence-electron chi connectivity index (χ2n) is 6.03. The van der Waals surface area contributed by atoms with Crippen LogP contribution in [0.15, 0.2) is 48.5 Å². The quantitative estimate of drug-likeness (QED) is 0.660. The lowest BCUT2D eigenvalue weighted by atomic mass is 10.1. The summed E-state index contributed by atoms with van der Waals surface area (Å²) in [5, 5.41) is 3.64. The highest BCUT2D eigenvalue weighted by Crippen LogP contribution is 2.31. The highest BCUT2D eigenvalue weighted by Gasteiger charge is 2.22. The molecule has 0 aliphatic heterocycles. The Balaban J connectivity index is 1.67. The molecule has 7 heteroatoms. The maximum absolute atomic E-state index is 12.5. The van der Waals surface area contributed by atoms with E-state index in [4.69, 9.17) is 10.5 Å². The summed E-state index contributed by atoms with van der Waals surface area (Å²) in [6.45, 7) is 3.37. The first-order valence-corrected chi connectivity index (χ1v) is 9.08. The molecule has 2 aromatic carbocycles. The minimum absolute atomic E-state index is 0.340. The van der Waals surface area contributed by atoms with E-state index >= 15 is 0 Å². The number of fused-ring (bicyclic) bond motifs is 1. The molecule has 138 valence electrons. The number of anilines is 1. The highest BCUT2D eigenvalue weighted by atomic mass is 32.1. The van der Waals surface area contributed by atoms with Crippen LogP contribution in [0.4, 0.5) is 5.69 Å². The Labute approximate surface area is 159 Å². The number of hydrogen-bond acceptors (Lipinski definition) is 5. The fourth-order valence-electron chi connectivity index (χ4n) is 2.60. The predicted molar refractivity (Wildman–Crippen MR) is 105 cm³/mol. The van der Waals surface area contributed by atoms with E-state index in [2.05, 4.69) is 5.32 Å². The minimum Gasteiger partial charge on any atom is -0.448 e. The zero-order chi connectivity index (χ0) is 19.6. The van der Waals surface area contributed by atoms with Gasteiger partial charge in [-0.2, -0.15) is 0 Å². The number of ether oxygens (including phenoxy) is 1. The third kappa shape index (κ3) is 3.98. The van der Waals surface area contributed by atoms with Gasteiger partial charge in [-0.3, -0.25) is 9.59 Å². The van der Waals surface area contributed by atoms with E-state index in [-0.39, 0.29) is 0 Å². The first-order chi connectivity index (χ1) is 12.9. The van der Waals surface area contributed by atoms with Crippen molar-refractivity contribution in [3.63, 3.8) is 0 Å². The zero-order valence-electron chi connectivity index (χ0n) is 14.8. The molecule has 1 atom stereocenters. The van der Waals surface area contributed by atoms with Crippen molar-refractivity contribution in [3.8, 4) is 0 Å². The molecular weight excluding hydrogens is 364 g/mol. The molecule has 3 aromatic rings. The molecule has 0 radical (unpaired) electrons. The molecule has 0 spiro atoms. The van der Waals surface area contributed by atoms with Gasteiger partial charge in [0.05, 0.1) is 0 Å². The van der Waals surface area contributed by atoms with Gasteiger partial charge in [-0.25, -0.2) is 4.79 Å². The van der Waals surface area contributed by atoms with Gasteiger partial charge >= 0.3 is 5.97 Å². The van der Waals surface area contributed by atoms with Crippen LogP contribution in [0.25, 0.3) is 10.1 Å². The van der Waals surface area contributed by atoms with Gasteiger partial charge in [-0.15, -0.1) is 11.3 Å². The van der Waals surface area contributed by atoms with E-state index in [1.807, 2.05) is 31.2 Å². The van der Waals surface area contributed by atoms with E-state index < -0.39 is 23.9 Å². The van der Waals surface area contributed by atoms with Gasteiger partial charge in [-0.1, -0.05) is 18.2 Å². The van der Waals surface area contributed by atoms with Crippen molar-refractivity contribution in [2.75, 3.05) is 5.32 Å². The van der Waals surface area contributed by atoms with Gasteiger partial charge in [0.1, 0.15) is 4.88 Å². The lowest BCUT2D eigenvalue weighted by molar-refractivity contribution is -0.123. The van der Waals surface area contributed by atoms with Gasteiger partial charge in [0, 0.05) is 16.0 Å². The molecule has 0 saturated heterocycles. The molecule has 0 bridgehead atoms. The molecule has 3 rings (SSSR count). The van der Waals surface area contributed by atoms with Gasteiger partial charge in [-0.05, 0) is 55.1 Å². The number of carbonyl (C=O) groups excluding carboxylic acids is 3. The Morgan fingerprint density at radius 2 is 1.74 bits per heavy atom. The second-order valence-corrected chi connectivity index (χ2v) is 7.08. The Hall–Kier alpha value is -3.19. The fraction of sp³-hybridized carbons (Fsp3) is 0.150. The summed E-state index contributed by atoms with van der Waals surface area (Å²) in [7, 11) is 0. The molecule has 6 nitrogen and oxygen atoms in total. The molecular formula is C20H18N2O4S. The molecule has 27 heavy (non-hydrogen) atoms. The van der Waals surface area contributed by atoms with Gasteiger partial charge < -0.3 is 15.8 Å². The third-order valence-corrected chi connectivity index (χ3v) is 5.37. The molecule has 0 aliphatic rings. The summed E-state index contributed by atoms with van der Waals surface area (Å²) in [6.07, 6.45) is -0.974. The van der Waals surface area contributed by atoms with Crippen LogP contribution in [0.3, 0.4) is 0 Å². The smallest absolute Gasteiger partial charge is 0.349 e. The number of benzene rings is 2. The van der Waals surface area contributed by atoms with Crippen molar-refractivity contribution in [1.82, 2.24) is 0 Å². The summed E-state index contributed by atoms with van der Waals surface area (Å²) < 4.78 is 6.32. The third-order valence-electron chi connectivity index (χ3n) is 4.12. The number of rotatable bonds is 5. The largest absolute Gasteiger partial charge is 0.448 e. The Kier molecular flexibility index (Phi) is 5.23. The second kappa shape index (κ2) is 7.59. The molecule has 0 fully saturated rings. The Morgan fingerprint density at radius 3 is 2.37 bits per heavy atom. The number of nitrogens with two attached hydrogens (primary N) is 1. The van der Waals surface area contributed by atoms with Crippen molar-refractivity contribution >= 4 is 44.9 Å². The van der Waals surface area contributed by atoms with E-state index in [9.17, 15) is 14.4 Å². The lowest BCUT2D eigenvalue weighted by Crippen LogP contribution is -2.30. The van der Waals surface area contributed by atoms with E-state index in [1.165, 1.54) is 30.4 Å². The first kappa shape index (κ1) is 18.6. The van der Waals surface area contributed by atoms with Crippen molar-refractivity contribution in [2.45, 2.75) is 20.0 Å². The highest BCUT2D eigenvalue weighted by molar-refractivity contribution is 7.21. The minimum atomic E-state index is -0.974. The number of amides is 2. The average molecular weight is 382 g/mol. The average Bonchev–Trinajstić information content (AvgIpc) is 2.99. The Morgan fingerprint density at radius 1 is 1.07 bits per heavy atom. The molecule has 3 N–H and O–H groups in total. The van der Waals surface area contributed by atoms with Crippen molar-refractivity contribution < 1.29 is 19.1 Å². The van der Waals surface area contributed by atoms with Crippen LogP contribution >= 0.6 is 11.3 Å². The van der Waals surface area contributed by atoms with Crippen molar-refractivity contribution in [2.24, 2.45) is 5.73 Å². The standard InChI is InChI=1S/C20H18N2O4S/c1-11-15-5-3-4-6-16(15)27-17(11)20(25)26-12(2)19(24)22-14-9-7-13(8-10-14)18(21)23/h3-10,12H,1-2H3,(H2,21,23)(H,22,24)/t12-/m0/s1. The number of carbonyl (C=O) groups is 3. The summed E-state index contributed by atoms with van der Waals surface area (Å²) in [6, 6.07) is 13.8. The SMILES string of the molecule is Cc1c(C(=O)O[C@@H](C)C(=O)Nc2ccc(C(N)=O)cc2)sc2ccccc12. The monoisotopic (exact) mass is 382 g/mol. The van der Waals surface area contributed by atoms with E-state index in [0.29, 0.717) is 16.1 Å². The van der Waals surface area contributed by atoms with Gasteiger partial charge in [0.25, 0.3) is 5.91 Å². The fourth-order valence-corrected chi connectivity index (χ4v) is 3.69. The Bertz CT molecular complexity index is 1020. The molecule has 0 unspecified atom stereocenters. The van der Waals surface area contributed by atoms with Crippen LogP contribution in [0.5, 0.6) is 0 Å². The summed E-state index contributed by atoms with van der Waals surface area (Å²) in [4.78, 5) is 36.3. The number of esters is 1. The molecule has 0 saturated carbocycles. The topological polar surface area (TPSA) is 98.5 Å². The molecule has 1 aromatic heterocycles. The normalized spacial score (nSPS) is 11.8. The van der Waals surface area contributed by atoms with Crippen molar-refractivity contribution in [3.05, 3.63) is 64.5 Å². The number of nitrogens with one attached hydrogen (secondary N) is 1. The van der Waals surface area contributed by atoms with Crippen LogP contribution in [0, 0.1) is 6.92 Å². The van der Waals surface area contributed by atoms with E-state index in [1.54, 1.807) is 12.1 Å². The van der Waals surface area contributed by atoms with Crippen molar-refractivity contribution in [1.29, 1.82) is 0 Å². The molecule has 1 heterocycles. The summed E-state index contributed by atoms with van der Waals surface area (Å²) in [5.74, 6) is -1.54. The van der Waals surface area contributed by atoms with E-state index in [0.717, 1.165) is 15.6 Å². The van der Waals surface area contributed by atoms with Crippen LogP contribution in [-0.2, 0) is 9.53 Å².